The lowest BCUT2D eigenvalue weighted by Crippen LogP contribution is -2.31. The molecule has 0 saturated carbocycles. The molecule has 7 heteroatoms. The molecular formula is C20H16N2O4S. The summed E-state index contributed by atoms with van der Waals surface area (Å²) in [5.74, 6) is -0.620. The number of anilines is 1. The maximum atomic E-state index is 12.1. The van der Waals surface area contributed by atoms with Gasteiger partial charge in [-0.25, -0.2) is 4.79 Å². The Morgan fingerprint density at radius 1 is 1.19 bits per heavy atom. The molecule has 136 valence electrons. The predicted molar refractivity (Wildman–Crippen MR) is 103 cm³/mol. The van der Waals surface area contributed by atoms with E-state index in [1.807, 2.05) is 42.5 Å². The first-order valence-corrected chi connectivity index (χ1v) is 9.04. The number of hydrogen-bond acceptors (Lipinski definition) is 6. The standard InChI is InChI=1S/C20H16N2O4S/c1-13(19(24)22-20-16(11-21)8-9-27-20)26-18(23)12-25-17-7-6-14-4-2-3-5-15(14)10-17/h2-10,13H,12H2,1H3,(H,22,24). The van der Waals surface area contributed by atoms with Gasteiger partial charge in [0.2, 0.25) is 0 Å². The highest BCUT2D eigenvalue weighted by molar-refractivity contribution is 7.14. The van der Waals surface area contributed by atoms with Crippen LogP contribution in [-0.4, -0.2) is 24.6 Å². The first-order valence-electron chi connectivity index (χ1n) is 8.16. The van der Waals surface area contributed by atoms with Gasteiger partial charge in [-0.2, -0.15) is 5.26 Å². The first-order chi connectivity index (χ1) is 13.1. The zero-order valence-corrected chi connectivity index (χ0v) is 15.3. The normalized spacial score (nSPS) is 11.4. The van der Waals surface area contributed by atoms with Gasteiger partial charge in [-0.1, -0.05) is 30.3 Å². The quantitative estimate of drug-likeness (QED) is 0.659. The summed E-state index contributed by atoms with van der Waals surface area (Å²) in [5.41, 5.74) is 0.367. The van der Waals surface area contributed by atoms with E-state index in [0.29, 0.717) is 16.3 Å². The highest BCUT2D eigenvalue weighted by Gasteiger charge is 2.19. The number of fused-ring (bicyclic) bond motifs is 1. The van der Waals surface area contributed by atoms with Gasteiger partial charge < -0.3 is 14.8 Å². The smallest absolute Gasteiger partial charge is 0.344 e. The van der Waals surface area contributed by atoms with Crippen LogP contribution in [0.2, 0.25) is 0 Å². The third-order valence-electron chi connectivity index (χ3n) is 3.78. The van der Waals surface area contributed by atoms with Crippen LogP contribution in [0.1, 0.15) is 12.5 Å². The number of nitriles is 1. The average molecular weight is 380 g/mol. The third kappa shape index (κ3) is 4.63. The molecule has 1 amide bonds. The van der Waals surface area contributed by atoms with Crippen molar-refractivity contribution < 1.29 is 19.1 Å². The molecule has 2 aromatic carbocycles. The van der Waals surface area contributed by atoms with E-state index in [1.54, 1.807) is 17.5 Å². The van der Waals surface area contributed by atoms with Crippen LogP contribution in [0.5, 0.6) is 5.75 Å². The number of rotatable bonds is 6. The van der Waals surface area contributed by atoms with Crippen LogP contribution in [0, 0.1) is 11.3 Å². The number of ether oxygens (including phenoxy) is 2. The maximum absolute atomic E-state index is 12.1. The van der Waals surface area contributed by atoms with Gasteiger partial charge in [-0.3, -0.25) is 4.79 Å². The zero-order chi connectivity index (χ0) is 19.2. The summed E-state index contributed by atoms with van der Waals surface area (Å²) in [6.07, 6.45) is -1.01. The number of esters is 1. The number of thiophene rings is 1. The summed E-state index contributed by atoms with van der Waals surface area (Å²) < 4.78 is 10.5. The second-order valence-corrected chi connectivity index (χ2v) is 6.61. The second-order valence-electron chi connectivity index (χ2n) is 5.69. The van der Waals surface area contributed by atoms with Crippen molar-refractivity contribution >= 4 is 39.0 Å². The Morgan fingerprint density at radius 2 is 1.96 bits per heavy atom. The molecule has 1 N–H and O–H groups in total. The summed E-state index contributed by atoms with van der Waals surface area (Å²) in [6.45, 7) is 1.15. The Hall–Kier alpha value is -3.37. The summed E-state index contributed by atoms with van der Waals surface area (Å²) >= 11 is 1.23. The number of carbonyl (C=O) groups excluding carboxylic acids is 2. The van der Waals surface area contributed by atoms with E-state index in [2.05, 4.69) is 5.32 Å². The van der Waals surface area contributed by atoms with Crippen molar-refractivity contribution in [3.05, 3.63) is 59.5 Å². The van der Waals surface area contributed by atoms with Crippen LogP contribution in [-0.2, 0) is 14.3 Å². The Labute approximate surface area is 159 Å². The number of nitrogens with one attached hydrogen (secondary N) is 1. The molecule has 0 radical (unpaired) electrons. The average Bonchev–Trinajstić information content (AvgIpc) is 3.13. The van der Waals surface area contributed by atoms with Gasteiger partial charge in [0.15, 0.2) is 12.7 Å². The van der Waals surface area contributed by atoms with E-state index in [1.165, 1.54) is 18.3 Å². The number of carbonyl (C=O) groups is 2. The summed E-state index contributed by atoms with van der Waals surface area (Å²) in [4.78, 5) is 24.0. The molecule has 3 aromatic rings. The monoisotopic (exact) mass is 380 g/mol. The molecule has 3 rings (SSSR count). The van der Waals surface area contributed by atoms with Crippen molar-refractivity contribution in [2.75, 3.05) is 11.9 Å². The first kappa shape index (κ1) is 18.4. The topological polar surface area (TPSA) is 88.4 Å². The van der Waals surface area contributed by atoms with Gasteiger partial charge in [-0.15, -0.1) is 11.3 Å². The zero-order valence-electron chi connectivity index (χ0n) is 14.5. The molecule has 6 nitrogen and oxygen atoms in total. The minimum absolute atomic E-state index is 0.307. The fourth-order valence-electron chi connectivity index (χ4n) is 2.39. The third-order valence-corrected chi connectivity index (χ3v) is 4.61. The van der Waals surface area contributed by atoms with E-state index in [9.17, 15) is 9.59 Å². The second kappa shape index (κ2) is 8.34. The molecule has 27 heavy (non-hydrogen) atoms. The minimum Gasteiger partial charge on any atom is -0.482 e. The van der Waals surface area contributed by atoms with E-state index < -0.39 is 18.0 Å². The highest BCUT2D eigenvalue weighted by atomic mass is 32.1. The van der Waals surface area contributed by atoms with Crippen LogP contribution in [0.15, 0.2) is 53.9 Å². The van der Waals surface area contributed by atoms with Gasteiger partial charge in [0.25, 0.3) is 5.91 Å². The minimum atomic E-state index is -1.01. The maximum Gasteiger partial charge on any atom is 0.344 e. The van der Waals surface area contributed by atoms with Crippen molar-refractivity contribution in [3.63, 3.8) is 0 Å². The van der Waals surface area contributed by atoms with Gasteiger partial charge in [0.1, 0.15) is 16.8 Å². The molecular weight excluding hydrogens is 364 g/mol. The van der Waals surface area contributed by atoms with Crippen molar-refractivity contribution in [3.8, 4) is 11.8 Å². The number of nitrogens with zero attached hydrogens (tertiary/aromatic N) is 1. The molecule has 0 spiro atoms. The molecule has 0 aliphatic rings. The molecule has 0 aliphatic heterocycles. The molecule has 0 saturated heterocycles. The number of benzene rings is 2. The predicted octanol–water partition coefficient (Wildman–Crippen LogP) is 3.72. The SMILES string of the molecule is CC(OC(=O)COc1ccc2ccccc2c1)C(=O)Nc1sccc1C#N. The van der Waals surface area contributed by atoms with Crippen molar-refractivity contribution in [1.29, 1.82) is 5.26 Å². The Balaban J connectivity index is 1.52. The Bertz CT molecular complexity index is 1020. The lowest BCUT2D eigenvalue weighted by atomic mass is 10.1. The highest BCUT2D eigenvalue weighted by Crippen LogP contribution is 2.23. The van der Waals surface area contributed by atoms with Crippen LogP contribution >= 0.6 is 11.3 Å². The van der Waals surface area contributed by atoms with Crippen molar-refractivity contribution in [2.45, 2.75) is 13.0 Å². The van der Waals surface area contributed by atoms with E-state index >= 15 is 0 Å². The lowest BCUT2D eigenvalue weighted by Gasteiger charge is -2.13. The molecule has 1 atom stereocenters. The Morgan fingerprint density at radius 3 is 2.74 bits per heavy atom. The number of hydrogen-bond donors (Lipinski definition) is 1. The summed E-state index contributed by atoms with van der Waals surface area (Å²) in [6, 6.07) is 16.9. The molecule has 1 unspecified atom stereocenters. The van der Waals surface area contributed by atoms with Crippen molar-refractivity contribution in [2.24, 2.45) is 0 Å². The van der Waals surface area contributed by atoms with Gasteiger partial charge >= 0.3 is 5.97 Å². The van der Waals surface area contributed by atoms with Crippen LogP contribution in [0.3, 0.4) is 0 Å². The fourth-order valence-corrected chi connectivity index (χ4v) is 3.13. The van der Waals surface area contributed by atoms with Gasteiger partial charge in [0.05, 0.1) is 5.56 Å². The van der Waals surface area contributed by atoms with Gasteiger partial charge in [0, 0.05) is 0 Å². The molecule has 0 fully saturated rings. The molecule has 1 heterocycles. The summed E-state index contributed by atoms with van der Waals surface area (Å²) in [7, 11) is 0. The molecule has 0 aliphatic carbocycles. The summed E-state index contributed by atoms with van der Waals surface area (Å²) in [5, 5.41) is 15.7. The van der Waals surface area contributed by atoms with E-state index in [4.69, 9.17) is 14.7 Å². The molecule has 0 bridgehead atoms. The Kier molecular flexibility index (Phi) is 5.69. The lowest BCUT2D eigenvalue weighted by molar-refractivity contribution is -0.155. The largest absolute Gasteiger partial charge is 0.482 e. The molecule has 1 aromatic heterocycles. The van der Waals surface area contributed by atoms with Crippen LogP contribution in [0.25, 0.3) is 10.8 Å². The van der Waals surface area contributed by atoms with E-state index in [0.717, 1.165) is 10.8 Å². The van der Waals surface area contributed by atoms with Gasteiger partial charge in [-0.05, 0) is 41.3 Å². The van der Waals surface area contributed by atoms with Crippen LogP contribution < -0.4 is 10.1 Å². The van der Waals surface area contributed by atoms with Crippen LogP contribution in [0.4, 0.5) is 5.00 Å². The number of amides is 1. The van der Waals surface area contributed by atoms with E-state index in [-0.39, 0.29) is 6.61 Å². The fraction of sp³-hybridized carbons (Fsp3) is 0.150. The van der Waals surface area contributed by atoms with Crippen molar-refractivity contribution in [1.82, 2.24) is 0 Å².